The number of aliphatic imine (C=N–C) groups is 1. The van der Waals surface area contributed by atoms with Crippen molar-refractivity contribution >= 4 is 17.8 Å². The van der Waals surface area contributed by atoms with E-state index in [2.05, 4.69) is 35.4 Å². The number of rotatable bonds is 6. The Morgan fingerprint density at radius 1 is 1.08 bits per heavy atom. The molecule has 0 saturated heterocycles. The van der Waals surface area contributed by atoms with Crippen LogP contribution in [0.2, 0.25) is 0 Å². The van der Waals surface area contributed by atoms with Gasteiger partial charge in [-0.05, 0) is 37.1 Å². The lowest BCUT2D eigenvalue weighted by Crippen LogP contribution is -2.24. The molecule has 1 amide bonds. The molecule has 2 aromatic rings. The van der Waals surface area contributed by atoms with Crippen molar-refractivity contribution < 1.29 is 14.3 Å². The van der Waals surface area contributed by atoms with Crippen LogP contribution in [0.5, 0.6) is 11.5 Å². The average Bonchev–Trinajstić information content (AvgIpc) is 3.00. The average molecular weight is 350 g/mol. The Bertz CT molecular complexity index is 885. The first-order chi connectivity index (χ1) is 12.6. The fourth-order valence-corrected chi connectivity index (χ4v) is 2.85. The van der Waals surface area contributed by atoms with Gasteiger partial charge in [-0.2, -0.15) is 0 Å². The number of amides is 1. The first-order valence-electron chi connectivity index (χ1n) is 8.47. The summed E-state index contributed by atoms with van der Waals surface area (Å²) in [6.45, 7) is 2.07. The fraction of sp³-hybridized carbons (Fsp3) is 0.238. The third-order valence-corrected chi connectivity index (χ3v) is 4.21. The van der Waals surface area contributed by atoms with E-state index in [1.54, 1.807) is 26.4 Å². The monoisotopic (exact) mass is 350 g/mol. The molecule has 0 radical (unpaired) electrons. The van der Waals surface area contributed by atoms with Crippen molar-refractivity contribution in [2.45, 2.75) is 19.8 Å². The molecule has 5 nitrogen and oxygen atoms in total. The topological polar surface area (TPSA) is 59.9 Å². The molecule has 0 saturated carbocycles. The van der Waals surface area contributed by atoms with E-state index in [9.17, 15) is 4.79 Å². The lowest BCUT2D eigenvalue weighted by Gasteiger charge is -2.07. The number of nitrogens with one attached hydrogen (secondary N) is 1. The van der Waals surface area contributed by atoms with Gasteiger partial charge in [0.05, 0.1) is 14.2 Å². The minimum atomic E-state index is -0.192. The number of aryl methyl sites for hydroxylation is 2. The number of carbonyl (C=O) groups excluding carboxylic acids is 1. The van der Waals surface area contributed by atoms with Crippen LogP contribution in [-0.4, -0.2) is 26.0 Å². The molecule has 0 aliphatic carbocycles. The highest BCUT2D eigenvalue weighted by Crippen LogP contribution is 2.27. The van der Waals surface area contributed by atoms with Crippen molar-refractivity contribution in [1.29, 1.82) is 0 Å². The molecule has 0 fully saturated rings. The van der Waals surface area contributed by atoms with Gasteiger partial charge in [0.1, 0.15) is 23.0 Å². The van der Waals surface area contributed by atoms with Crippen molar-refractivity contribution in [3.63, 3.8) is 0 Å². The highest BCUT2D eigenvalue weighted by molar-refractivity contribution is 6.14. The molecule has 26 heavy (non-hydrogen) atoms. The van der Waals surface area contributed by atoms with E-state index >= 15 is 0 Å². The lowest BCUT2D eigenvalue weighted by molar-refractivity contribution is -0.115. The van der Waals surface area contributed by atoms with Crippen LogP contribution in [0.4, 0.5) is 0 Å². The SMILES string of the molecule is COc1ccc(/C=C2/N=C(CCc3cccc(C)c3)NC2=O)c(OC)c1. The minimum Gasteiger partial charge on any atom is -0.497 e. The van der Waals surface area contributed by atoms with Gasteiger partial charge in [0, 0.05) is 18.1 Å². The van der Waals surface area contributed by atoms with Gasteiger partial charge in [-0.3, -0.25) is 4.79 Å². The van der Waals surface area contributed by atoms with Crippen molar-refractivity contribution in [2.75, 3.05) is 14.2 Å². The quantitative estimate of drug-likeness (QED) is 0.811. The first kappa shape index (κ1) is 17.7. The van der Waals surface area contributed by atoms with Gasteiger partial charge in [0.2, 0.25) is 0 Å². The molecular formula is C21H22N2O3. The van der Waals surface area contributed by atoms with E-state index < -0.39 is 0 Å². The van der Waals surface area contributed by atoms with Gasteiger partial charge in [0.15, 0.2) is 0 Å². The molecule has 134 valence electrons. The molecule has 3 rings (SSSR count). The predicted octanol–water partition coefficient (Wildman–Crippen LogP) is 3.51. The molecule has 0 bridgehead atoms. The molecule has 2 aromatic carbocycles. The summed E-state index contributed by atoms with van der Waals surface area (Å²) in [5.74, 6) is 1.83. The van der Waals surface area contributed by atoms with Gasteiger partial charge >= 0.3 is 0 Å². The Kier molecular flexibility index (Phi) is 5.37. The molecule has 0 unspecified atom stereocenters. The zero-order valence-electron chi connectivity index (χ0n) is 15.2. The normalized spacial score (nSPS) is 15.0. The Hall–Kier alpha value is -3.08. The summed E-state index contributed by atoms with van der Waals surface area (Å²) < 4.78 is 10.6. The predicted molar refractivity (Wildman–Crippen MR) is 103 cm³/mol. The van der Waals surface area contributed by atoms with E-state index in [-0.39, 0.29) is 5.91 Å². The molecule has 1 heterocycles. The van der Waals surface area contributed by atoms with Crippen LogP contribution < -0.4 is 14.8 Å². The molecule has 1 N–H and O–H groups in total. The van der Waals surface area contributed by atoms with Crippen LogP contribution in [0, 0.1) is 6.92 Å². The second-order valence-electron chi connectivity index (χ2n) is 6.14. The van der Waals surface area contributed by atoms with E-state index in [0.29, 0.717) is 29.5 Å². The smallest absolute Gasteiger partial charge is 0.275 e. The second kappa shape index (κ2) is 7.87. The Labute approximate surface area is 153 Å². The van der Waals surface area contributed by atoms with E-state index in [1.807, 2.05) is 18.2 Å². The Morgan fingerprint density at radius 3 is 2.65 bits per heavy atom. The van der Waals surface area contributed by atoms with Crippen LogP contribution in [-0.2, 0) is 11.2 Å². The number of carbonyl (C=O) groups is 1. The third-order valence-electron chi connectivity index (χ3n) is 4.21. The van der Waals surface area contributed by atoms with E-state index in [1.165, 1.54) is 11.1 Å². The number of hydrogen-bond acceptors (Lipinski definition) is 4. The Balaban J connectivity index is 1.76. The minimum absolute atomic E-state index is 0.192. The molecule has 5 heteroatoms. The Morgan fingerprint density at radius 2 is 1.92 bits per heavy atom. The summed E-state index contributed by atoms with van der Waals surface area (Å²) in [6, 6.07) is 13.8. The highest BCUT2D eigenvalue weighted by Gasteiger charge is 2.20. The maximum absolute atomic E-state index is 12.2. The third kappa shape index (κ3) is 4.11. The molecule has 0 aromatic heterocycles. The summed E-state index contributed by atoms with van der Waals surface area (Å²) in [4.78, 5) is 16.7. The molecule has 1 aliphatic heterocycles. The summed E-state index contributed by atoms with van der Waals surface area (Å²) in [6.07, 6.45) is 3.25. The summed E-state index contributed by atoms with van der Waals surface area (Å²) in [5, 5.41) is 2.85. The van der Waals surface area contributed by atoms with Crippen molar-refractivity contribution in [3.05, 3.63) is 64.9 Å². The van der Waals surface area contributed by atoms with Crippen molar-refractivity contribution in [2.24, 2.45) is 4.99 Å². The van der Waals surface area contributed by atoms with E-state index in [0.717, 1.165) is 12.0 Å². The van der Waals surface area contributed by atoms with E-state index in [4.69, 9.17) is 9.47 Å². The van der Waals surface area contributed by atoms with Crippen LogP contribution in [0.1, 0.15) is 23.1 Å². The van der Waals surface area contributed by atoms with Gasteiger partial charge in [-0.1, -0.05) is 29.8 Å². The largest absolute Gasteiger partial charge is 0.497 e. The molecule has 1 aliphatic rings. The first-order valence-corrected chi connectivity index (χ1v) is 8.47. The molecular weight excluding hydrogens is 328 g/mol. The second-order valence-corrected chi connectivity index (χ2v) is 6.14. The van der Waals surface area contributed by atoms with Crippen LogP contribution in [0.15, 0.2) is 53.2 Å². The standard InChI is InChI=1S/C21H22N2O3/c1-14-5-4-6-15(11-14)7-10-20-22-18(21(24)23-20)12-16-8-9-17(25-2)13-19(16)26-3/h4-6,8-9,11-13H,7,10H2,1-3H3,(H,22,23,24)/b18-12+. The van der Waals surface area contributed by atoms with Gasteiger partial charge in [-0.25, -0.2) is 4.99 Å². The summed E-state index contributed by atoms with van der Waals surface area (Å²) >= 11 is 0. The number of methoxy groups -OCH3 is 2. The number of amidine groups is 1. The highest BCUT2D eigenvalue weighted by atomic mass is 16.5. The molecule has 0 spiro atoms. The van der Waals surface area contributed by atoms with Crippen LogP contribution in [0.3, 0.4) is 0 Å². The maximum atomic E-state index is 12.2. The number of benzene rings is 2. The number of ether oxygens (including phenoxy) is 2. The summed E-state index contributed by atoms with van der Waals surface area (Å²) in [5.41, 5.74) is 3.62. The zero-order valence-corrected chi connectivity index (χ0v) is 15.2. The van der Waals surface area contributed by atoms with Gasteiger partial charge in [-0.15, -0.1) is 0 Å². The fourth-order valence-electron chi connectivity index (χ4n) is 2.85. The van der Waals surface area contributed by atoms with Crippen LogP contribution in [0.25, 0.3) is 6.08 Å². The zero-order chi connectivity index (χ0) is 18.5. The van der Waals surface area contributed by atoms with Gasteiger partial charge in [0.25, 0.3) is 5.91 Å². The molecule has 0 atom stereocenters. The summed E-state index contributed by atoms with van der Waals surface area (Å²) in [7, 11) is 3.18. The number of nitrogens with zero attached hydrogens (tertiary/aromatic N) is 1. The van der Waals surface area contributed by atoms with Crippen molar-refractivity contribution in [3.8, 4) is 11.5 Å². The van der Waals surface area contributed by atoms with Gasteiger partial charge < -0.3 is 14.8 Å². The maximum Gasteiger partial charge on any atom is 0.275 e. The van der Waals surface area contributed by atoms with Crippen LogP contribution >= 0.6 is 0 Å². The van der Waals surface area contributed by atoms with Crippen molar-refractivity contribution in [1.82, 2.24) is 5.32 Å². The number of hydrogen-bond donors (Lipinski definition) is 1. The lowest BCUT2D eigenvalue weighted by atomic mass is 10.1.